The van der Waals surface area contributed by atoms with E-state index in [-0.39, 0.29) is 5.91 Å². The third kappa shape index (κ3) is 3.70. The van der Waals surface area contributed by atoms with Crippen molar-refractivity contribution in [1.29, 1.82) is 0 Å². The normalized spacial score (nSPS) is 14.5. The van der Waals surface area contributed by atoms with Crippen molar-refractivity contribution >= 4 is 44.8 Å². The maximum absolute atomic E-state index is 12.7. The highest BCUT2D eigenvalue weighted by atomic mass is 79.9. The Bertz CT molecular complexity index is 772. The van der Waals surface area contributed by atoms with E-state index in [4.69, 9.17) is 22.1 Å². The number of carbonyl (C=O) groups is 1. The summed E-state index contributed by atoms with van der Waals surface area (Å²) >= 11 is 9.71. The topological polar surface area (TPSA) is 58.8 Å². The summed E-state index contributed by atoms with van der Waals surface area (Å²) in [5.74, 6) is 0.714. The molecule has 132 valence electrons. The molecule has 5 nitrogen and oxygen atoms in total. The highest BCUT2D eigenvalue weighted by Crippen LogP contribution is 2.32. The Hall–Kier alpha value is -1.92. The first-order chi connectivity index (χ1) is 12.0. The largest absolute Gasteiger partial charge is 0.496 e. The third-order valence-corrected chi connectivity index (χ3v) is 5.22. The first-order valence-corrected chi connectivity index (χ1v) is 9.10. The van der Waals surface area contributed by atoms with Crippen LogP contribution in [0.1, 0.15) is 10.4 Å². The number of carbonyl (C=O) groups excluding carboxylic acids is 1. The summed E-state index contributed by atoms with van der Waals surface area (Å²) in [5.41, 5.74) is 8.20. The van der Waals surface area contributed by atoms with Crippen LogP contribution in [0, 0.1) is 0 Å². The molecule has 1 aliphatic rings. The molecule has 0 aromatic heterocycles. The fourth-order valence-electron chi connectivity index (χ4n) is 2.98. The molecule has 0 unspecified atom stereocenters. The zero-order chi connectivity index (χ0) is 18.0. The first kappa shape index (κ1) is 17.9. The first-order valence-electron chi connectivity index (χ1n) is 7.93. The lowest BCUT2D eigenvalue weighted by molar-refractivity contribution is 0.0747. The summed E-state index contributed by atoms with van der Waals surface area (Å²) in [6.45, 7) is 2.62. The van der Waals surface area contributed by atoms with Gasteiger partial charge in [0, 0.05) is 31.7 Å². The molecule has 1 aliphatic heterocycles. The van der Waals surface area contributed by atoms with Crippen molar-refractivity contribution in [3.8, 4) is 5.75 Å². The lowest BCUT2D eigenvalue weighted by Gasteiger charge is -2.37. The molecule has 7 heteroatoms. The molecular weight excluding hydrogens is 406 g/mol. The van der Waals surface area contributed by atoms with E-state index in [1.165, 1.54) is 0 Å². The minimum absolute atomic E-state index is 0.00938. The van der Waals surface area contributed by atoms with Gasteiger partial charge in [-0.05, 0) is 46.3 Å². The molecule has 25 heavy (non-hydrogen) atoms. The average Bonchev–Trinajstić information content (AvgIpc) is 2.61. The number of halogens is 2. The molecule has 1 saturated heterocycles. The number of rotatable bonds is 3. The van der Waals surface area contributed by atoms with Crippen LogP contribution in [0.15, 0.2) is 40.9 Å². The van der Waals surface area contributed by atoms with Gasteiger partial charge in [-0.15, -0.1) is 0 Å². The summed E-state index contributed by atoms with van der Waals surface area (Å²) in [6.07, 6.45) is 0. The Morgan fingerprint density at radius 3 is 2.52 bits per heavy atom. The van der Waals surface area contributed by atoms with Gasteiger partial charge < -0.3 is 20.3 Å². The predicted octanol–water partition coefficient (Wildman–Crippen LogP) is 3.66. The monoisotopic (exact) mass is 423 g/mol. The predicted molar refractivity (Wildman–Crippen MR) is 105 cm³/mol. The second kappa shape index (κ2) is 7.54. The zero-order valence-corrected chi connectivity index (χ0v) is 16.2. The van der Waals surface area contributed by atoms with Gasteiger partial charge in [0.05, 0.1) is 28.0 Å². The fraction of sp³-hybridized carbons (Fsp3) is 0.278. The highest BCUT2D eigenvalue weighted by Gasteiger charge is 2.24. The number of nitrogens with two attached hydrogens (primary N) is 1. The Morgan fingerprint density at radius 1 is 1.20 bits per heavy atom. The molecule has 0 spiro atoms. The fourth-order valence-corrected chi connectivity index (χ4v) is 3.82. The summed E-state index contributed by atoms with van der Waals surface area (Å²) in [7, 11) is 1.60. The van der Waals surface area contributed by atoms with Gasteiger partial charge in [0.25, 0.3) is 5.91 Å². The number of para-hydroxylation sites is 1. The van der Waals surface area contributed by atoms with Crippen molar-refractivity contribution in [2.24, 2.45) is 0 Å². The van der Waals surface area contributed by atoms with Crippen molar-refractivity contribution in [3.63, 3.8) is 0 Å². The van der Waals surface area contributed by atoms with Crippen LogP contribution < -0.4 is 15.4 Å². The molecule has 1 fully saturated rings. The lowest BCUT2D eigenvalue weighted by Crippen LogP contribution is -2.49. The SMILES string of the molecule is COc1ccc(C(=O)N2CCN(c3c(N)cccc3Cl)CC2)cc1Br. The molecule has 0 atom stereocenters. The lowest BCUT2D eigenvalue weighted by atomic mass is 10.1. The Kier molecular flexibility index (Phi) is 5.39. The Labute approximate surface area is 160 Å². The Morgan fingerprint density at radius 2 is 1.92 bits per heavy atom. The molecule has 0 radical (unpaired) electrons. The molecule has 3 rings (SSSR count). The van der Waals surface area contributed by atoms with Crippen molar-refractivity contribution < 1.29 is 9.53 Å². The van der Waals surface area contributed by atoms with Crippen LogP contribution in [0.25, 0.3) is 0 Å². The Balaban J connectivity index is 1.70. The van der Waals surface area contributed by atoms with E-state index in [0.29, 0.717) is 48.2 Å². The molecule has 2 N–H and O–H groups in total. The van der Waals surface area contributed by atoms with E-state index in [1.807, 2.05) is 23.1 Å². The van der Waals surface area contributed by atoms with Crippen molar-refractivity contribution in [2.75, 3.05) is 43.9 Å². The number of nitrogens with zero attached hydrogens (tertiary/aromatic N) is 2. The number of anilines is 2. The zero-order valence-electron chi connectivity index (χ0n) is 13.8. The van der Waals surface area contributed by atoms with Crippen molar-refractivity contribution in [1.82, 2.24) is 4.90 Å². The van der Waals surface area contributed by atoms with Gasteiger partial charge in [0.15, 0.2) is 0 Å². The summed E-state index contributed by atoms with van der Waals surface area (Å²) in [5, 5.41) is 0.638. The maximum atomic E-state index is 12.7. The molecule has 2 aromatic carbocycles. The molecule has 1 heterocycles. The second-order valence-corrected chi connectivity index (χ2v) is 7.07. The second-order valence-electron chi connectivity index (χ2n) is 5.81. The smallest absolute Gasteiger partial charge is 0.254 e. The minimum Gasteiger partial charge on any atom is -0.496 e. The number of ether oxygens (including phenoxy) is 1. The van der Waals surface area contributed by atoms with Crippen molar-refractivity contribution in [2.45, 2.75) is 0 Å². The van der Waals surface area contributed by atoms with E-state index in [2.05, 4.69) is 20.8 Å². The molecule has 0 bridgehead atoms. The van der Waals surface area contributed by atoms with Crippen LogP contribution in [-0.4, -0.2) is 44.1 Å². The van der Waals surface area contributed by atoms with E-state index in [9.17, 15) is 4.79 Å². The summed E-state index contributed by atoms with van der Waals surface area (Å²) in [6, 6.07) is 10.9. The van der Waals surface area contributed by atoms with E-state index >= 15 is 0 Å². The van der Waals surface area contributed by atoms with E-state index in [0.717, 1.165) is 10.2 Å². The minimum atomic E-state index is 0.00938. The standard InChI is InChI=1S/C18H19BrClN3O2/c1-25-16-6-5-12(11-13(16)19)18(24)23-9-7-22(8-10-23)17-14(20)3-2-4-15(17)21/h2-6,11H,7-10,21H2,1H3. The van der Waals surface area contributed by atoms with Crippen LogP contribution >= 0.6 is 27.5 Å². The average molecular weight is 425 g/mol. The van der Waals surface area contributed by atoms with Crippen LogP contribution in [-0.2, 0) is 0 Å². The van der Waals surface area contributed by atoms with Gasteiger partial charge in [-0.3, -0.25) is 4.79 Å². The number of amides is 1. The molecule has 0 saturated carbocycles. The number of hydrogen-bond donors (Lipinski definition) is 1. The van der Waals surface area contributed by atoms with Crippen LogP contribution in [0.4, 0.5) is 11.4 Å². The molecule has 2 aromatic rings. The molecule has 0 aliphatic carbocycles. The van der Waals surface area contributed by atoms with Gasteiger partial charge in [-0.25, -0.2) is 0 Å². The van der Waals surface area contributed by atoms with Crippen LogP contribution in [0.3, 0.4) is 0 Å². The quantitative estimate of drug-likeness (QED) is 0.764. The van der Waals surface area contributed by atoms with E-state index in [1.54, 1.807) is 25.3 Å². The van der Waals surface area contributed by atoms with Gasteiger partial charge in [-0.2, -0.15) is 0 Å². The van der Waals surface area contributed by atoms with Gasteiger partial charge in [-0.1, -0.05) is 17.7 Å². The molecule has 1 amide bonds. The maximum Gasteiger partial charge on any atom is 0.254 e. The number of methoxy groups -OCH3 is 1. The van der Waals surface area contributed by atoms with Gasteiger partial charge in [0.2, 0.25) is 0 Å². The van der Waals surface area contributed by atoms with E-state index < -0.39 is 0 Å². The van der Waals surface area contributed by atoms with Crippen LogP contribution in [0.5, 0.6) is 5.75 Å². The molecular formula is C18H19BrClN3O2. The summed E-state index contributed by atoms with van der Waals surface area (Å²) < 4.78 is 5.97. The number of piperazine rings is 1. The number of nitrogen functional groups attached to an aromatic ring is 1. The van der Waals surface area contributed by atoms with Crippen LogP contribution in [0.2, 0.25) is 5.02 Å². The highest BCUT2D eigenvalue weighted by molar-refractivity contribution is 9.10. The summed E-state index contributed by atoms with van der Waals surface area (Å²) in [4.78, 5) is 16.7. The van der Waals surface area contributed by atoms with Gasteiger partial charge in [0.1, 0.15) is 5.75 Å². The number of benzene rings is 2. The van der Waals surface area contributed by atoms with Crippen molar-refractivity contribution in [3.05, 3.63) is 51.5 Å². The number of hydrogen-bond acceptors (Lipinski definition) is 4. The third-order valence-electron chi connectivity index (χ3n) is 4.30. The van der Waals surface area contributed by atoms with Gasteiger partial charge >= 0.3 is 0 Å².